The molecule has 1 heterocycles. The van der Waals surface area contributed by atoms with Crippen LogP contribution in [-0.2, 0) is 17.8 Å². The van der Waals surface area contributed by atoms with E-state index in [0.717, 1.165) is 24.1 Å². The predicted octanol–water partition coefficient (Wildman–Crippen LogP) is 4.64. The van der Waals surface area contributed by atoms with Crippen LogP contribution in [0, 0.1) is 11.3 Å². The summed E-state index contributed by atoms with van der Waals surface area (Å²) in [5, 5.41) is 30.2. The highest BCUT2D eigenvalue weighted by Gasteiger charge is 2.28. The first-order valence-corrected chi connectivity index (χ1v) is 14.7. The van der Waals surface area contributed by atoms with Gasteiger partial charge in [0.2, 0.25) is 5.91 Å². The highest BCUT2D eigenvalue weighted by Crippen LogP contribution is 2.17. The smallest absolute Gasteiger partial charge is 0.319 e. The fraction of sp³-hybridized carbons (Fsp3) is 0.200. The van der Waals surface area contributed by atoms with Crippen molar-refractivity contribution in [3.05, 3.63) is 125 Å². The number of benzene rings is 4. The van der Waals surface area contributed by atoms with Crippen LogP contribution in [0.2, 0.25) is 0 Å². The number of phenols is 1. The molecule has 4 aromatic rings. The van der Waals surface area contributed by atoms with Gasteiger partial charge in [0.05, 0.1) is 11.6 Å². The maximum atomic E-state index is 13.5. The van der Waals surface area contributed by atoms with Gasteiger partial charge < -0.3 is 26.4 Å². The molecule has 4 aromatic carbocycles. The number of anilines is 2. The first-order valence-electron chi connectivity index (χ1n) is 14.7. The third-order valence-electron chi connectivity index (χ3n) is 7.54. The summed E-state index contributed by atoms with van der Waals surface area (Å²) in [6, 6.07) is 30.1. The lowest BCUT2D eigenvalue weighted by atomic mass is 10.0. The van der Waals surface area contributed by atoms with Crippen molar-refractivity contribution in [3.63, 3.8) is 0 Å². The molecule has 1 aliphatic rings. The Labute approximate surface area is 261 Å². The molecule has 5 N–H and O–H groups in total. The van der Waals surface area contributed by atoms with Crippen LogP contribution in [0.1, 0.15) is 33.5 Å². The van der Waals surface area contributed by atoms with Crippen molar-refractivity contribution in [2.24, 2.45) is 0 Å². The molecule has 1 fully saturated rings. The van der Waals surface area contributed by atoms with E-state index in [1.165, 1.54) is 12.1 Å². The highest BCUT2D eigenvalue weighted by atomic mass is 16.3. The monoisotopic (exact) mass is 602 g/mol. The molecule has 0 spiro atoms. The van der Waals surface area contributed by atoms with Crippen LogP contribution in [0.25, 0.3) is 0 Å². The number of hydrogen-bond donors (Lipinski definition) is 5. The SMILES string of the molecule is N#Cc1ccc(CN2CCC(NC(=O)[C@H](Cc3ccc(O)cc3)NC(=O)Nc3ccc(C(=O)Nc4ccccc4)cc3)C2)cc1. The van der Waals surface area contributed by atoms with Crippen LogP contribution in [0.4, 0.5) is 16.2 Å². The summed E-state index contributed by atoms with van der Waals surface area (Å²) in [7, 11) is 0. The minimum Gasteiger partial charge on any atom is -0.508 e. The lowest BCUT2D eigenvalue weighted by Gasteiger charge is -2.22. The molecule has 0 aromatic heterocycles. The number of carbonyl (C=O) groups is 3. The molecule has 5 rings (SSSR count). The molecule has 45 heavy (non-hydrogen) atoms. The summed E-state index contributed by atoms with van der Waals surface area (Å²) < 4.78 is 0. The lowest BCUT2D eigenvalue weighted by Crippen LogP contribution is -2.52. The van der Waals surface area contributed by atoms with E-state index in [-0.39, 0.29) is 30.0 Å². The molecule has 1 unspecified atom stereocenters. The molecule has 0 radical (unpaired) electrons. The van der Waals surface area contributed by atoms with E-state index in [4.69, 9.17) is 5.26 Å². The zero-order valence-corrected chi connectivity index (χ0v) is 24.6. The fourth-order valence-electron chi connectivity index (χ4n) is 5.17. The Kier molecular flexibility index (Phi) is 10.0. The van der Waals surface area contributed by atoms with E-state index < -0.39 is 12.1 Å². The minimum atomic E-state index is -0.877. The van der Waals surface area contributed by atoms with Crippen LogP contribution in [0.3, 0.4) is 0 Å². The molecule has 0 saturated carbocycles. The van der Waals surface area contributed by atoms with E-state index in [2.05, 4.69) is 32.2 Å². The third kappa shape index (κ3) is 8.92. The summed E-state index contributed by atoms with van der Waals surface area (Å²) in [4.78, 5) is 41.3. The van der Waals surface area contributed by atoms with Gasteiger partial charge >= 0.3 is 6.03 Å². The van der Waals surface area contributed by atoms with Crippen molar-refractivity contribution in [1.29, 1.82) is 5.26 Å². The van der Waals surface area contributed by atoms with Gasteiger partial charge in [0.1, 0.15) is 11.8 Å². The van der Waals surface area contributed by atoms with Crippen molar-refractivity contribution < 1.29 is 19.5 Å². The molecular formula is C35H34N6O4. The Morgan fingerprint density at radius 1 is 0.844 bits per heavy atom. The van der Waals surface area contributed by atoms with E-state index >= 15 is 0 Å². The van der Waals surface area contributed by atoms with Crippen molar-refractivity contribution in [1.82, 2.24) is 15.5 Å². The number of phenolic OH excluding ortho intramolecular Hbond substituents is 1. The topological polar surface area (TPSA) is 147 Å². The first kappa shape index (κ1) is 30.8. The predicted molar refractivity (Wildman–Crippen MR) is 172 cm³/mol. The highest BCUT2D eigenvalue weighted by molar-refractivity contribution is 6.04. The number of likely N-dealkylation sites (tertiary alicyclic amines) is 1. The number of para-hydroxylation sites is 1. The maximum Gasteiger partial charge on any atom is 0.319 e. The molecule has 10 nitrogen and oxygen atoms in total. The van der Waals surface area contributed by atoms with Crippen LogP contribution in [0.5, 0.6) is 5.75 Å². The van der Waals surface area contributed by atoms with Gasteiger partial charge in [-0.15, -0.1) is 0 Å². The Balaban J connectivity index is 1.18. The van der Waals surface area contributed by atoms with Crippen molar-refractivity contribution >= 4 is 29.2 Å². The van der Waals surface area contributed by atoms with Gasteiger partial charge in [-0.05, 0) is 78.2 Å². The quantitative estimate of drug-likeness (QED) is 0.179. The van der Waals surface area contributed by atoms with Gasteiger partial charge in [0.15, 0.2) is 0 Å². The summed E-state index contributed by atoms with van der Waals surface area (Å²) >= 11 is 0. The minimum absolute atomic E-state index is 0.0855. The van der Waals surface area contributed by atoms with Gasteiger partial charge in [0, 0.05) is 49.0 Å². The van der Waals surface area contributed by atoms with Crippen LogP contribution < -0.4 is 21.3 Å². The summed E-state index contributed by atoms with van der Waals surface area (Å²) in [5.41, 5.74) is 4.05. The van der Waals surface area contributed by atoms with Gasteiger partial charge in [0.25, 0.3) is 5.91 Å². The second-order valence-electron chi connectivity index (χ2n) is 11.0. The molecular weight excluding hydrogens is 568 g/mol. The fourth-order valence-corrected chi connectivity index (χ4v) is 5.17. The molecule has 4 amide bonds. The standard InChI is InChI=1S/C35H34N6O4/c36-21-25-6-8-26(9-7-25)22-41-19-18-30(23-41)38-34(44)32(20-24-10-16-31(42)17-11-24)40-35(45)39-29-14-12-27(13-15-29)33(43)37-28-4-2-1-3-5-28/h1-17,30,32,42H,18-20,22-23H2,(H,37,43)(H,38,44)(H2,39,40,45)/t30?,32-/m0/s1. The average Bonchev–Trinajstić information content (AvgIpc) is 3.49. The van der Waals surface area contributed by atoms with Crippen LogP contribution in [0.15, 0.2) is 103 Å². The maximum absolute atomic E-state index is 13.5. The number of aromatic hydroxyl groups is 1. The number of urea groups is 1. The average molecular weight is 603 g/mol. The Bertz CT molecular complexity index is 1650. The van der Waals surface area contributed by atoms with Crippen molar-refractivity contribution in [2.45, 2.75) is 31.5 Å². The third-order valence-corrected chi connectivity index (χ3v) is 7.54. The molecule has 1 aliphatic heterocycles. The largest absolute Gasteiger partial charge is 0.508 e. The summed E-state index contributed by atoms with van der Waals surface area (Å²) in [6.45, 7) is 2.18. The molecule has 0 bridgehead atoms. The van der Waals surface area contributed by atoms with Crippen molar-refractivity contribution in [3.8, 4) is 11.8 Å². The first-order chi connectivity index (χ1) is 21.8. The van der Waals surface area contributed by atoms with E-state index in [1.807, 2.05) is 30.3 Å². The second kappa shape index (κ2) is 14.7. The Morgan fingerprint density at radius 3 is 2.20 bits per heavy atom. The zero-order chi connectivity index (χ0) is 31.6. The van der Waals surface area contributed by atoms with Gasteiger partial charge in [-0.25, -0.2) is 4.79 Å². The second-order valence-corrected chi connectivity index (χ2v) is 11.0. The number of carbonyl (C=O) groups excluding carboxylic acids is 3. The molecule has 10 heteroatoms. The molecule has 1 saturated heterocycles. The van der Waals surface area contributed by atoms with Gasteiger partial charge in [-0.1, -0.05) is 42.5 Å². The van der Waals surface area contributed by atoms with Gasteiger partial charge in [-0.2, -0.15) is 5.26 Å². The number of nitriles is 1. The molecule has 0 aliphatic carbocycles. The van der Waals surface area contributed by atoms with Gasteiger partial charge in [-0.3, -0.25) is 14.5 Å². The normalized spacial score (nSPS) is 15.0. The number of rotatable bonds is 10. The Hall–Kier alpha value is -5.66. The molecule has 2 atom stereocenters. The summed E-state index contributed by atoms with van der Waals surface area (Å²) in [5.74, 6) is -0.471. The van der Waals surface area contributed by atoms with Crippen molar-refractivity contribution in [2.75, 3.05) is 23.7 Å². The van der Waals surface area contributed by atoms with Crippen LogP contribution in [-0.4, -0.2) is 53.0 Å². The zero-order valence-electron chi connectivity index (χ0n) is 24.6. The van der Waals surface area contributed by atoms with E-state index in [0.29, 0.717) is 35.6 Å². The number of amides is 4. The van der Waals surface area contributed by atoms with E-state index in [1.54, 1.807) is 60.7 Å². The summed E-state index contributed by atoms with van der Waals surface area (Å²) in [6.07, 6.45) is 0.990. The molecule has 228 valence electrons. The van der Waals surface area contributed by atoms with E-state index in [9.17, 15) is 19.5 Å². The Morgan fingerprint density at radius 2 is 1.51 bits per heavy atom. The van der Waals surface area contributed by atoms with Crippen LogP contribution >= 0.6 is 0 Å². The number of nitrogens with zero attached hydrogens (tertiary/aromatic N) is 2. The lowest BCUT2D eigenvalue weighted by molar-refractivity contribution is -0.123. The number of nitrogens with one attached hydrogen (secondary N) is 4. The number of hydrogen-bond acceptors (Lipinski definition) is 6.